The van der Waals surface area contributed by atoms with Crippen molar-refractivity contribution in [2.24, 2.45) is 0 Å². The average Bonchev–Trinajstić information content (AvgIpc) is 2.03. The summed E-state index contributed by atoms with van der Waals surface area (Å²) in [6, 6.07) is 5.21. The van der Waals surface area contributed by atoms with Crippen LogP contribution in [0.15, 0.2) is 18.2 Å². The van der Waals surface area contributed by atoms with Crippen molar-refractivity contribution < 1.29 is 4.74 Å². The number of methoxy groups -OCH3 is 1. The molecule has 1 aromatic rings. The zero-order valence-corrected chi connectivity index (χ0v) is 6.29. The number of terminal acetylenes is 1. The van der Waals surface area contributed by atoms with Crippen molar-refractivity contribution in [1.82, 2.24) is 0 Å². The van der Waals surface area contributed by atoms with Gasteiger partial charge < -0.3 is 10.5 Å². The molecule has 0 aliphatic carbocycles. The van der Waals surface area contributed by atoms with E-state index < -0.39 is 0 Å². The minimum Gasteiger partial charge on any atom is -0.497 e. The van der Waals surface area contributed by atoms with Gasteiger partial charge in [-0.15, -0.1) is 6.42 Å². The lowest BCUT2D eigenvalue weighted by Crippen LogP contribution is -1.89. The summed E-state index contributed by atoms with van der Waals surface area (Å²) in [5, 5.41) is 0. The van der Waals surface area contributed by atoms with E-state index in [-0.39, 0.29) is 0 Å². The van der Waals surface area contributed by atoms with Gasteiger partial charge in [-0.2, -0.15) is 0 Å². The Morgan fingerprint density at radius 2 is 2.18 bits per heavy atom. The first kappa shape index (κ1) is 7.49. The van der Waals surface area contributed by atoms with Crippen molar-refractivity contribution >= 4 is 5.69 Å². The zero-order chi connectivity index (χ0) is 8.27. The maximum absolute atomic E-state index is 5.54. The third kappa shape index (κ3) is 1.65. The summed E-state index contributed by atoms with van der Waals surface area (Å²) < 4.78 is 4.96. The van der Waals surface area contributed by atoms with Gasteiger partial charge in [0.15, 0.2) is 0 Å². The summed E-state index contributed by atoms with van der Waals surface area (Å²) in [4.78, 5) is 0. The summed E-state index contributed by atoms with van der Waals surface area (Å²) in [6.45, 7) is 0. The minimum atomic E-state index is 0.623. The predicted molar refractivity (Wildman–Crippen MR) is 45.3 cm³/mol. The molecule has 0 spiro atoms. The van der Waals surface area contributed by atoms with E-state index >= 15 is 0 Å². The van der Waals surface area contributed by atoms with Crippen molar-refractivity contribution in [3.63, 3.8) is 0 Å². The molecule has 0 fully saturated rings. The van der Waals surface area contributed by atoms with Gasteiger partial charge in [0.1, 0.15) is 5.75 Å². The largest absolute Gasteiger partial charge is 0.497 e. The number of rotatable bonds is 1. The molecule has 56 valence electrons. The van der Waals surface area contributed by atoms with Gasteiger partial charge in [0.2, 0.25) is 0 Å². The van der Waals surface area contributed by atoms with E-state index in [2.05, 4.69) is 5.92 Å². The molecule has 0 radical (unpaired) electrons. The first-order valence-corrected chi connectivity index (χ1v) is 3.17. The quantitative estimate of drug-likeness (QED) is 0.479. The topological polar surface area (TPSA) is 35.2 Å². The standard InChI is InChI=1S/C9H9NO/c1-3-7-4-8(10)6-9(5-7)11-2/h1,4-6H,10H2,2H3. The first-order valence-electron chi connectivity index (χ1n) is 3.17. The van der Waals surface area contributed by atoms with Gasteiger partial charge in [0.25, 0.3) is 0 Å². The fourth-order valence-electron chi connectivity index (χ4n) is 0.823. The van der Waals surface area contributed by atoms with Crippen molar-refractivity contribution in [3.05, 3.63) is 23.8 Å². The molecule has 11 heavy (non-hydrogen) atoms. The van der Waals surface area contributed by atoms with Gasteiger partial charge in [-0.25, -0.2) is 0 Å². The smallest absolute Gasteiger partial charge is 0.122 e. The number of benzene rings is 1. The number of ether oxygens (including phenoxy) is 1. The van der Waals surface area contributed by atoms with Gasteiger partial charge in [0.05, 0.1) is 7.11 Å². The highest BCUT2D eigenvalue weighted by Gasteiger charge is 1.94. The summed E-state index contributed by atoms with van der Waals surface area (Å²) in [5.41, 5.74) is 6.90. The molecule has 2 nitrogen and oxygen atoms in total. The molecular formula is C9H9NO. The molecule has 0 unspecified atom stereocenters. The molecule has 2 heteroatoms. The molecule has 0 aliphatic rings. The number of anilines is 1. The van der Waals surface area contributed by atoms with E-state index in [9.17, 15) is 0 Å². The number of hydrogen-bond acceptors (Lipinski definition) is 2. The second-order valence-corrected chi connectivity index (χ2v) is 2.14. The fraction of sp³-hybridized carbons (Fsp3) is 0.111. The monoisotopic (exact) mass is 147 g/mol. The lowest BCUT2D eigenvalue weighted by atomic mass is 10.2. The summed E-state index contributed by atoms with van der Waals surface area (Å²) >= 11 is 0. The Morgan fingerprint density at radius 1 is 1.45 bits per heavy atom. The van der Waals surface area contributed by atoms with Crippen LogP contribution in [0, 0.1) is 12.3 Å². The van der Waals surface area contributed by atoms with Crippen molar-refractivity contribution in [1.29, 1.82) is 0 Å². The fourth-order valence-corrected chi connectivity index (χ4v) is 0.823. The minimum absolute atomic E-state index is 0.623. The van der Waals surface area contributed by atoms with Gasteiger partial charge in [0, 0.05) is 17.3 Å². The Labute approximate surface area is 66.0 Å². The van der Waals surface area contributed by atoms with Gasteiger partial charge in [-0.1, -0.05) is 5.92 Å². The van der Waals surface area contributed by atoms with E-state index in [0.29, 0.717) is 11.4 Å². The molecule has 0 saturated carbocycles. The predicted octanol–water partition coefficient (Wildman–Crippen LogP) is 1.26. The highest BCUT2D eigenvalue weighted by atomic mass is 16.5. The van der Waals surface area contributed by atoms with Crippen LogP contribution in [0.2, 0.25) is 0 Å². The third-order valence-corrected chi connectivity index (χ3v) is 1.33. The Bertz CT molecular complexity index is 299. The van der Waals surface area contributed by atoms with Gasteiger partial charge in [-0.05, 0) is 12.1 Å². The summed E-state index contributed by atoms with van der Waals surface area (Å²) in [7, 11) is 1.58. The summed E-state index contributed by atoms with van der Waals surface area (Å²) in [5.74, 6) is 3.18. The Morgan fingerprint density at radius 3 is 2.73 bits per heavy atom. The molecule has 0 amide bonds. The van der Waals surface area contributed by atoms with Crippen LogP contribution in [-0.4, -0.2) is 7.11 Å². The maximum Gasteiger partial charge on any atom is 0.122 e. The van der Waals surface area contributed by atoms with Crippen molar-refractivity contribution in [2.45, 2.75) is 0 Å². The SMILES string of the molecule is C#Cc1cc(N)cc(OC)c1. The van der Waals surface area contributed by atoms with E-state index in [1.54, 1.807) is 25.3 Å². The van der Waals surface area contributed by atoms with Crippen molar-refractivity contribution in [3.8, 4) is 18.1 Å². The molecule has 0 saturated heterocycles. The molecule has 1 rings (SSSR count). The van der Waals surface area contributed by atoms with Crippen LogP contribution in [0.1, 0.15) is 5.56 Å². The summed E-state index contributed by atoms with van der Waals surface area (Å²) in [6.07, 6.45) is 5.18. The van der Waals surface area contributed by atoms with E-state index in [0.717, 1.165) is 5.56 Å². The van der Waals surface area contributed by atoms with Crippen LogP contribution in [0.25, 0.3) is 0 Å². The lowest BCUT2D eigenvalue weighted by Gasteiger charge is -2.01. The van der Waals surface area contributed by atoms with E-state index in [1.807, 2.05) is 0 Å². The molecule has 0 bridgehead atoms. The Balaban J connectivity index is 3.15. The second kappa shape index (κ2) is 2.98. The molecule has 0 aliphatic heterocycles. The average molecular weight is 147 g/mol. The normalized spacial score (nSPS) is 8.73. The van der Waals surface area contributed by atoms with E-state index in [4.69, 9.17) is 16.9 Å². The Hall–Kier alpha value is -1.62. The highest BCUT2D eigenvalue weighted by molar-refractivity contribution is 5.52. The van der Waals surface area contributed by atoms with Crippen LogP contribution in [0.5, 0.6) is 5.75 Å². The van der Waals surface area contributed by atoms with Gasteiger partial charge >= 0.3 is 0 Å². The number of nitrogens with two attached hydrogens (primary N) is 1. The van der Waals surface area contributed by atoms with Crippen LogP contribution >= 0.6 is 0 Å². The molecule has 0 heterocycles. The van der Waals surface area contributed by atoms with Crippen LogP contribution in [0.4, 0.5) is 5.69 Å². The van der Waals surface area contributed by atoms with E-state index in [1.165, 1.54) is 0 Å². The molecule has 2 N–H and O–H groups in total. The lowest BCUT2D eigenvalue weighted by molar-refractivity contribution is 0.415. The number of nitrogen functional groups attached to an aromatic ring is 1. The zero-order valence-electron chi connectivity index (χ0n) is 6.29. The van der Waals surface area contributed by atoms with Gasteiger partial charge in [-0.3, -0.25) is 0 Å². The third-order valence-electron chi connectivity index (χ3n) is 1.33. The first-order chi connectivity index (χ1) is 5.26. The molecule has 1 aromatic carbocycles. The van der Waals surface area contributed by atoms with Crippen LogP contribution < -0.4 is 10.5 Å². The molecule has 0 atom stereocenters. The van der Waals surface area contributed by atoms with Crippen molar-refractivity contribution in [2.75, 3.05) is 12.8 Å². The number of hydrogen-bond donors (Lipinski definition) is 1. The van der Waals surface area contributed by atoms with Crippen LogP contribution in [0.3, 0.4) is 0 Å². The molecule has 0 aromatic heterocycles. The molecular weight excluding hydrogens is 138 g/mol. The second-order valence-electron chi connectivity index (χ2n) is 2.14. The highest BCUT2D eigenvalue weighted by Crippen LogP contribution is 2.17. The van der Waals surface area contributed by atoms with Crippen LogP contribution in [-0.2, 0) is 0 Å². The maximum atomic E-state index is 5.54. The Kier molecular flexibility index (Phi) is 2.03.